The van der Waals surface area contributed by atoms with Crippen LogP contribution >= 0.6 is 0 Å². The van der Waals surface area contributed by atoms with Crippen molar-refractivity contribution in [2.24, 2.45) is 5.14 Å². The van der Waals surface area contributed by atoms with Crippen LogP contribution in [-0.2, 0) is 11.0 Å². The third-order valence-electron chi connectivity index (χ3n) is 1.33. The summed E-state index contributed by atoms with van der Waals surface area (Å²) in [6.45, 7) is 0. The fraction of sp³-hybridized carbons (Fsp3) is 0. The van der Waals surface area contributed by atoms with Crippen molar-refractivity contribution in [2.75, 3.05) is 0 Å². The lowest BCUT2D eigenvalue weighted by atomic mass is 10.2. The van der Waals surface area contributed by atoms with Gasteiger partial charge in [0.2, 0.25) is 0 Å². The smallest absolute Gasteiger partial charge is 0.336 e. The zero-order chi connectivity index (χ0) is 9.14. The molecule has 0 bridgehead atoms. The lowest BCUT2D eigenvalue weighted by Crippen LogP contribution is -2.09. The maximum Gasteiger partial charge on any atom is 0.336 e. The van der Waals surface area contributed by atoms with Crippen molar-refractivity contribution in [3.63, 3.8) is 0 Å². The van der Waals surface area contributed by atoms with Crippen LogP contribution in [0.2, 0.25) is 0 Å². The maximum atomic E-state index is 10.8. The maximum absolute atomic E-state index is 10.8. The first-order valence-electron chi connectivity index (χ1n) is 3.11. The number of carboxylic acid groups (broad SMARTS) is 1. The average Bonchev–Trinajstić information content (AvgIpc) is 2.04. The Morgan fingerprint density at radius 2 is 2.00 bits per heavy atom. The molecular weight excluding hydrogens is 178 g/mol. The van der Waals surface area contributed by atoms with Crippen molar-refractivity contribution in [1.29, 1.82) is 0 Å². The second-order valence-corrected chi connectivity index (χ2v) is 3.13. The van der Waals surface area contributed by atoms with Gasteiger partial charge in [-0.25, -0.2) is 14.1 Å². The number of hydrogen-bond donors (Lipinski definition) is 2. The van der Waals surface area contributed by atoms with Crippen LogP contribution in [0.1, 0.15) is 10.4 Å². The minimum Gasteiger partial charge on any atom is -0.478 e. The van der Waals surface area contributed by atoms with E-state index in [0.29, 0.717) is 0 Å². The third-order valence-corrected chi connectivity index (χ3v) is 2.12. The first-order chi connectivity index (χ1) is 5.63. The van der Waals surface area contributed by atoms with E-state index in [2.05, 4.69) is 0 Å². The SMILES string of the molecule is NS(=O)c1ccccc1C(=O)O. The van der Waals surface area contributed by atoms with Gasteiger partial charge >= 0.3 is 5.97 Å². The normalized spacial score (nSPS) is 12.4. The summed E-state index contributed by atoms with van der Waals surface area (Å²) < 4.78 is 10.8. The van der Waals surface area contributed by atoms with Gasteiger partial charge in [-0.15, -0.1) is 0 Å². The van der Waals surface area contributed by atoms with E-state index in [1.165, 1.54) is 12.1 Å². The third kappa shape index (κ3) is 1.69. The summed E-state index contributed by atoms with van der Waals surface area (Å²) >= 11 is 0. The minimum atomic E-state index is -1.74. The molecule has 1 aromatic rings. The van der Waals surface area contributed by atoms with Gasteiger partial charge in [0.15, 0.2) is 0 Å². The Kier molecular flexibility index (Phi) is 2.57. The second kappa shape index (κ2) is 3.46. The highest BCUT2D eigenvalue weighted by Gasteiger charge is 2.11. The zero-order valence-corrected chi connectivity index (χ0v) is 6.88. The van der Waals surface area contributed by atoms with Gasteiger partial charge in [-0.3, -0.25) is 0 Å². The van der Waals surface area contributed by atoms with Crippen molar-refractivity contribution < 1.29 is 14.1 Å². The van der Waals surface area contributed by atoms with Crippen molar-refractivity contribution in [3.05, 3.63) is 29.8 Å². The largest absolute Gasteiger partial charge is 0.478 e. The van der Waals surface area contributed by atoms with Crippen LogP contribution in [0.5, 0.6) is 0 Å². The number of nitrogens with two attached hydrogens (primary N) is 1. The van der Waals surface area contributed by atoms with E-state index < -0.39 is 17.0 Å². The van der Waals surface area contributed by atoms with Gasteiger partial charge in [0.05, 0.1) is 10.5 Å². The molecule has 0 radical (unpaired) electrons. The molecule has 0 aliphatic carbocycles. The summed E-state index contributed by atoms with van der Waals surface area (Å²) in [5.41, 5.74) is -0.0154. The summed E-state index contributed by atoms with van der Waals surface area (Å²) in [6, 6.07) is 5.94. The highest BCUT2D eigenvalue weighted by molar-refractivity contribution is 7.82. The molecule has 1 rings (SSSR count). The monoisotopic (exact) mass is 185 g/mol. The van der Waals surface area contributed by atoms with Gasteiger partial charge in [0.25, 0.3) is 0 Å². The van der Waals surface area contributed by atoms with Crippen LogP contribution in [0.4, 0.5) is 0 Å². The van der Waals surface area contributed by atoms with E-state index in [0.717, 1.165) is 0 Å². The Bertz CT molecular complexity index is 304. The molecule has 0 heterocycles. The van der Waals surface area contributed by atoms with Gasteiger partial charge in [0, 0.05) is 0 Å². The molecule has 0 spiro atoms. The van der Waals surface area contributed by atoms with Crippen molar-refractivity contribution in [3.8, 4) is 0 Å². The predicted octanol–water partition coefficient (Wildman–Crippen LogP) is 0.366. The molecule has 0 aromatic heterocycles. The molecule has 0 fully saturated rings. The first-order valence-corrected chi connectivity index (χ1v) is 4.32. The molecule has 0 amide bonds. The number of hydrogen-bond acceptors (Lipinski definition) is 2. The molecule has 0 saturated carbocycles. The molecule has 5 heteroatoms. The molecule has 1 unspecified atom stereocenters. The van der Waals surface area contributed by atoms with Gasteiger partial charge in [-0.05, 0) is 12.1 Å². The van der Waals surface area contributed by atoms with E-state index in [4.69, 9.17) is 10.2 Å². The lowest BCUT2D eigenvalue weighted by molar-refractivity contribution is 0.0693. The number of carboxylic acids is 1. The van der Waals surface area contributed by atoms with E-state index in [1.54, 1.807) is 12.1 Å². The number of benzene rings is 1. The van der Waals surface area contributed by atoms with E-state index >= 15 is 0 Å². The van der Waals surface area contributed by atoms with Crippen LogP contribution in [-0.4, -0.2) is 15.3 Å². The lowest BCUT2D eigenvalue weighted by Gasteiger charge is -1.99. The fourth-order valence-electron chi connectivity index (χ4n) is 0.819. The highest BCUT2D eigenvalue weighted by atomic mass is 32.2. The van der Waals surface area contributed by atoms with Crippen LogP contribution in [0.15, 0.2) is 29.2 Å². The first kappa shape index (κ1) is 8.89. The number of rotatable bonds is 2. The Hall–Kier alpha value is -1.20. The van der Waals surface area contributed by atoms with Crippen LogP contribution in [0, 0.1) is 0 Å². The summed E-state index contributed by atoms with van der Waals surface area (Å²) in [5.74, 6) is -1.12. The van der Waals surface area contributed by atoms with Crippen molar-refractivity contribution >= 4 is 17.0 Å². The summed E-state index contributed by atoms with van der Waals surface area (Å²) in [5, 5.41) is 13.7. The molecule has 0 aliphatic heterocycles. The van der Waals surface area contributed by atoms with E-state index in [9.17, 15) is 9.00 Å². The van der Waals surface area contributed by atoms with Gasteiger partial charge in [-0.2, -0.15) is 0 Å². The standard InChI is InChI=1S/C7H7NO3S/c8-12(11)6-4-2-1-3-5(6)7(9)10/h1-4H,8H2,(H,9,10). The summed E-state index contributed by atoms with van der Waals surface area (Å²) in [7, 11) is -1.74. The molecule has 1 aromatic carbocycles. The Balaban J connectivity index is 3.27. The molecule has 3 N–H and O–H groups in total. The Morgan fingerprint density at radius 1 is 1.42 bits per heavy atom. The quantitative estimate of drug-likeness (QED) is 0.698. The van der Waals surface area contributed by atoms with Crippen LogP contribution < -0.4 is 5.14 Å². The molecule has 0 saturated heterocycles. The van der Waals surface area contributed by atoms with Crippen molar-refractivity contribution in [1.82, 2.24) is 0 Å². The van der Waals surface area contributed by atoms with Gasteiger partial charge < -0.3 is 5.11 Å². The summed E-state index contributed by atoms with van der Waals surface area (Å²) in [6.07, 6.45) is 0. The second-order valence-electron chi connectivity index (χ2n) is 2.10. The van der Waals surface area contributed by atoms with Gasteiger partial charge in [0.1, 0.15) is 11.0 Å². The van der Waals surface area contributed by atoms with Crippen molar-refractivity contribution in [2.45, 2.75) is 4.90 Å². The average molecular weight is 185 g/mol. The minimum absolute atomic E-state index is 0.0154. The van der Waals surface area contributed by atoms with E-state index in [1.807, 2.05) is 0 Å². The van der Waals surface area contributed by atoms with Crippen LogP contribution in [0.25, 0.3) is 0 Å². The van der Waals surface area contributed by atoms with E-state index in [-0.39, 0.29) is 10.5 Å². The fourth-order valence-corrected chi connectivity index (χ4v) is 1.40. The Morgan fingerprint density at radius 3 is 2.42 bits per heavy atom. The molecular formula is C7H7NO3S. The van der Waals surface area contributed by atoms with Crippen LogP contribution in [0.3, 0.4) is 0 Å². The highest BCUT2D eigenvalue weighted by Crippen LogP contribution is 2.10. The Labute approximate surface area is 71.6 Å². The molecule has 64 valence electrons. The predicted molar refractivity (Wildman–Crippen MR) is 44.0 cm³/mol. The summed E-state index contributed by atoms with van der Waals surface area (Å²) in [4.78, 5) is 10.7. The molecule has 1 atom stereocenters. The molecule has 0 aliphatic rings. The zero-order valence-electron chi connectivity index (χ0n) is 6.06. The number of aromatic carboxylic acids is 1. The van der Waals surface area contributed by atoms with Gasteiger partial charge in [-0.1, -0.05) is 12.1 Å². The molecule has 4 nitrogen and oxygen atoms in total. The topological polar surface area (TPSA) is 80.4 Å². The molecule has 12 heavy (non-hydrogen) atoms. The number of carbonyl (C=O) groups is 1.